The van der Waals surface area contributed by atoms with Gasteiger partial charge in [0, 0.05) is 23.9 Å². The second-order valence-electron chi connectivity index (χ2n) is 7.28. The number of rotatable bonds is 6. The maximum atomic E-state index is 14.0. The van der Waals surface area contributed by atoms with Gasteiger partial charge in [0.2, 0.25) is 11.8 Å². The van der Waals surface area contributed by atoms with Crippen LogP contribution in [0.5, 0.6) is 0 Å². The fourth-order valence-electron chi connectivity index (χ4n) is 3.48. The number of para-hydroxylation sites is 1. The van der Waals surface area contributed by atoms with E-state index in [0.717, 1.165) is 16.5 Å². The third-order valence-corrected chi connectivity index (χ3v) is 5.11. The van der Waals surface area contributed by atoms with Crippen molar-refractivity contribution in [3.63, 3.8) is 0 Å². The predicted octanol–water partition coefficient (Wildman–Crippen LogP) is 2.58. The van der Waals surface area contributed by atoms with Crippen LogP contribution in [0.2, 0.25) is 0 Å². The summed E-state index contributed by atoms with van der Waals surface area (Å²) in [7, 11) is 0. The van der Waals surface area contributed by atoms with Gasteiger partial charge < -0.3 is 16.0 Å². The maximum Gasteiger partial charge on any atom is 0.242 e. The number of nitrogens with one attached hydrogen (secondary N) is 3. The van der Waals surface area contributed by atoms with Gasteiger partial charge in [-0.15, -0.1) is 0 Å². The van der Waals surface area contributed by atoms with Gasteiger partial charge in [0.15, 0.2) is 5.82 Å². The molecule has 1 aliphatic rings. The number of nitrogens with zero attached hydrogens (tertiary/aromatic N) is 2. The molecule has 2 amide bonds. The van der Waals surface area contributed by atoms with Crippen LogP contribution >= 0.6 is 0 Å². The SMILES string of the molecule is Cc1cccc2c(NCc3ccccc3F)nc(CNC(=O)[C@H]3CCC(=O)N3)nc12. The quantitative estimate of drug-likeness (QED) is 0.584. The summed E-state index contributed by atoms with van der Waals surface area (Å²) in [6.45, 7) is 2.35. The molecule has 4 rings (SSSR count). The summed E-state index contributed by atoms with van der Waals surface area (Å²) in [4.78, 5) is 32.8. The Morgan fingerprint density at radius 3 is 2.77 bits per heavy atom. The van der Waals surface area contributed by atoms with Crippen LogP contribution in [0, 0.1) is 12.7 Å². The molecular weight excluding hydrogens is 385 g/mol. The van der Waals surface area contributed by atoms with Gasteiger partial charge in [0.1, 0.15) is 17.7 Å². The zero-order valence-electron chi connectivity index (χ0n) is 16.5. The lowest BCUT2D eigenvalue weighted by Gasteiger charge is -2.14. The Morgan fingerprint density at radius 2 is 2.00 bits per heavy atom. The van der Waals surface area contributed by atoms with Gasteiger partial charge in [0.05, 0.1) is 12.1 Å². The van der Waals surface area contributed by atoms with Gasteiger partial charge >= 0.3 is 0 Å². The summed E-state index contributed by atoms with van der Waals surface area (Å²) < 4.78 is 14.0. The van der Waals surface area contributed by atoms with Crippen LogP contribution in [0.4, 0.5) is 10.2 Å². The van der Waals surface area contributed by atoms with E-state index >= 15 is 0 Å². The molecule has 154 valence electrons. The molecule has 30 heavy (non-hydrogen) atoms. The van der Waals surface area contributed by atoms with E-state index in [1.165, 1.54) is 6.07 Å². The Balaban J connectivity index is 1.56. The molecule has 1 fully saturated rings. The summed E-state index contributed by atoms with van der Waals surface area (Å²) in [5.41, 5.74) is 2.27. The van der Waals surface area contributed by atoms with Gasteiger partial charge in [-0.2, -0.15) is 0 Å². The summed E-state index contributed by atoms with van der Waals surface area (Å²) >= 11 is 0. The molecule has 0 spiro atoms. The monoisotopic (exact) mass is 407 g/mol. The number of aryl methyl sites for hydroxylation is 1. The average Bonchev–Trinajstić information content (AvgIpc) is 3.18. The first-order valence-electron chi connectivity index (χ1n) is 9.82. The van der Waals surface area contributed by atoms with E-state index in [1.54, 1.807) is 18.2 Å². The molecule has 0 bridgehead atoms. The van der Waals surface area contributed by atoms with Crippen molar-refractivity contribution >= 4 is 28.5 Å². The van der Waals surface area contributed by atoms with Crippen molar-refractivity contribution in [1.29, 1.82) is 0 Å². The number of carbonyl (C=O) groups is 2. The zero-order chi connectivity index (χ0) is 21.1. The van der Waals surface area contributed by atoms with E-state index < -0.39 is 6.04 Å². The van der Waals surface area contributed by atoms with Gasteiger partial charge in [-0.05, 0) is 31.0 Å². The molecule has 1 saturated heterocycles. The van der Waals surface area contributed by atoms with E-state index in [4.69, 9.17) is 0 Å². The molecule has 0 saturated carbocycles. The van der Waals surface area contributed by atoms with Crippen molar-refractivity contribution in [3.8, 4) is 0 Å². The number of carbonyl (C=O) groups excluding carboxylic acids is 2. The van der Waals surface area contributed by atoms with Crippen LogP contribution in [0.25, 0.3) is 10.9 Å². The summed E-state index contributed by atoms with van der Waals surface area (Å²) in [5, 5.41) is 9.46. The number of aromatic nitrogens is 2. The van der Waals surface area contributed by atoms with Crippen LogP contribution in [0.15, 0.2) is 42.5 Å². The first-order valence-corrected chi connectivity index (χ1v) is 9.82. The molecule has 2 aromatic carbocycles. The minimum Gasteiger partial charge on any atom is -0.365 e. The summed E-state index contributed by atoms with van der Waals surface area (Å²) in [5.74, 6) is 0.351. The van der Waals surface area contributed by atoms with Gasteiger partial charge in [-0.1, -0.05) is 30.3 Å². The summed E-state index contributed by atoms with van der Waals surface area (Å²) in [6, 6.07) is 11.8. The van der Waals surface area contributed by atoms with Crippen LogP contribution in [-0.4, -0.2) is 27.8 Å². The highest BCUT2D eigenvalue weighted by molar-refractivity contribution is 5.92. The number of halogens is 1. The van der Waals surface area contributed by atoms with E-state index in [0.29, 0.717) is 30.0 Å². The van der Waals surface area contributed by atoms with Gasteiger partial charge in [0.25, 0.3) is 0 Å². The molecule has 8 heteroatoms. The molecule has 0 unspecified atom stereocenters. The number of fused-ring (bicyclic) bond motifs is 1. The normalized spacial score (nSPS) is 15.8. The van der Waals surface area contributed by atoms with Crippen molar-refractivity contribution in [3.05, 3.63) is 65.2 Å². The number of amides is 2. The van der Waals surface area contributed by atoms with Crippen molar-refractivity contribution in [2.75, 3.05) is 5.32 Å². The lowest BCUT2D eigenvalue weighted by atomic mass is 10.1. The van der Waals surface area contributed by atoms with Crippen LogP contribution < -0.4 is 16.0 Å². The Labute approximate surface area is 173 Å². The number of benzene rings is 2. The molecule has 3 aromatic rings. The highest BCUT2D eigenvalue weighted by atomic mass is 19.1. The lowest BCUT2D eigenvalue weighted by molar-refractivity contribution is -0.125. The third-order valence-electron chi connectivity index (χ3n) is 5.11. The van der Waals surface area contributed by atoms with Crippen LogP contribution in [-0.2, 0) is 22.7 Å². The Kier molecular flexibility index (Phi) is 5.56. The van der Waals surface area contributed by atoms with E-state index in [1.807, 2.05) is 25.1 Å². The minimum absolute atomic E-state index is 0.118. The van der Waals surface area contributed by atoms with E-state index in [2.05, 4.69) is 25.9 Å². The van der Waals surface area contributed by atoms with Crippen molar-refractivity contribution in [2.45, 2.75) is 38.9 Å². The van der Waals surface area contributed by atoms with E-state index in [9.17, 15) is 14.0 Å². The van der Waals surface area contributed by atoms with Gasteiger partial charge in [-0.25, -0.2) is 14.4 Å². The molecule has 2 heterocycles. The molecule has 1 atom stereocenters. The van der Waals surface area contributed by atoms with Crippen molar-refractivity contribution < 1.29 is 14.0 Å². The smallest absolute Gasteiger partial charge is 0.242 e. The average molecular weight is 407 g/mol. The van der Waals surface area contributed by atoms with Crippen molar-refractivity contribution in [2.24, 2.45) is 0 Å². The highest BCUT2D eigenvalue weighted by Gasteiger charge is 2.27. The molecule has 1 aromatic heterocycles. The standard InChI is InChI=1S/C22H22FN5O2/c1-13-5-4-7-15-20(13)27-18(12-25-22(30)17-9-10-19(29)26-17)28-21(15)24-11-14-6-2-3-8-16(14)23/h2-8,17H,9-12H2,1H3,(H,25,30)(H,26,29)(H,24,27,28)/t17-/m1/s1. The largest absolute Gasteiger partial charge is 0.365 e. The second kappa shape index (κ2) is 8.44. The van der Waals surface area contributed by atoms with E-state index in [-0.39, 0.29) is 30.7 Å². The third kappa shape index (κ3) is 4.22. The second-order valence-corrected chi connectivity index (χ2v) is 7.28. The number of hydrogen-bond acceptors (Lipinski definition) is 5. The first-order chi connectivity index (χ1) is 14.5. The molecule has 7 nitrogen and oxygen atoms in total. The van der Waals surface area contributed by atoms with Gasteiger partial charge in [-0.3, -0.25) is 9.59 Å². The summed E-state index contributed by atoms with van der Waals surface area (Å²) in [6.07, 6.45) is 0.839. The molecular formula is C22H22FN5O2. The molecule has 0 aliphatic carbocycles. The Morgan fingerprint density at radius 1 is 1.17 bits per heavy atom. The fourth-order valence-corrected chi connectivity index (χ4v) is 3.48. The topological polar surface area (TPSA) is 96.0 Å². The Hall–Kier alpha value is -3.55. The first kappa shape index (κ1) is 19.8. The lowest BCUT2D eigenvalue weighted by Crippen LogP contribution is -2.41. The number of anilines is 1. The maximum absolute atomic E-state index is 14.0. The van der Waals surface area contributed by atoms with Crippen LogP contribution in [0.3, 0.4) is 0 Å². The minimum atomic E-state index is -0.515. The highest BCUT2D eigenvalue weighted by Crippen LogP contribution is 2.24. The predicted molar refractivity (Wildman–Crippen MR) is 111 cm³/mol. The number of hydrogen-bond donors (Lipinski definition) is 3. The molecule has 1 aliphatic heterocycles. The van der Waals surface area contributed by atoms with Crippen LogP contribution in [0.1, 0.15) is 29.8 Å². The zero-order valence-corrected chi connectivity index (χ0v) is 16.5. The molecule has 0 radical (unpaired) electrons. The Bertz CT molecular complexity index is 1120. The van der Waals surface area contributed by atoms with Crippen molar-refractivity contribution in [1.82, 2.24) is 20.6 Å². The fraction of sp³-hybridized carbons (Fsp3) is 0.273. The molecule has 3 N–H and O–H groups in total.